The van der Waals surface area contributed by atoms with E-state index in [4.69, 9.17) is 5.11 Å². The van der Waals surface area contributed by atoms with Crippen molar-refractivity contribution in [2.45, 2.75) is 19.4 Å². The number of esters is 1. The average Bonchev–Trinajstić information content (AvgIpc) is 1.83. The fourth-order valence-electron chi connectivity index (χ4n) is 0.819. The Bertz CT molecular complexity index is 121. The van der Waals surface area contributed by atoms with E-state index in [1.165, 1.54) is 0 Å². The lowest BCUT2D eigenvalue weighted by Crippen LogP contribution is -2.34. The van der Waals surface area contributed by atoms with Crippen molar-refractivity contribution in [2.24, 2.45) is 5.92 Å². The van der Waals surface area contributed by atoms with Gasteiger partial charge in [0, 0.05) is 6.42 Å². The fourth-order valence-corrected chi connectivity index (χ4v) is 0.819. The minimum Gasteiger partial charge on any atom is -0.465 e. The average molecular weight is 130 g/mol. The number of aliphatic hydroxyl groups excluding tert-OH is 1. The number of hydrogen-bond acceptors (Lipinski definition) is 3. The van der Waals surface area contributed by atoms with Crippen molar-refractivity contribution in [2.75, 3.05) is 6.61 Å². The Morgan fingerprint density at radius 3 is 2.89 bits per heavy atom. The highest BCUT2D eigenvalue weighted by molar-refractivity contribution is 5.73. The molecule has 1 N–H and O–H groups in total. The summed E-state index contributed by atoms with van der Waals surface area (Å²) in [5.41, 5.74) is 0. The first kappa shape index (κ1) is 6.55. The number of ether oxygens (including phenoxy) is 1. The van der Waals surface area contributed by atoms with Crippen LogP contribution in [-0.4, -0.2) is 23.8 Å². The van der Waals surface area contributed by atoms with E-state index in [2.05, 4.69) is 4.74 Å². The van der Waals surface area contributed by atoms with Gasteiger partial charge in [0.1, 0.15) is 0 Å². The minimum absolute atomic E-state index is 0.284. The van der Waals surface area contributed by atoms with Crippen molar-refractivity contribution in [1.82, 2.24) is 0 Å². The molecule has 52 valence electrons. The predicted molar refractivity (Wildman–Crippen MR) is 30.7 cm³/mol. The smallest absolute Gasteiger partial charge is 0.311 e. The number of carbonyl (C=O) groups is 1. The second-order valence-corrected chi connectivity index (χ2v) is 2.31. The Kier molecular flexibility index (Phi) is 1.71. The molecule has 1 fully saturated rings. The molecule has 0 aromatic rings. The highest BCUT2D eigenvalue weighted by Gasteiger charge is 2.27. The first-order valence-electron chi connectivity index (χ1n) is 3.06. The summed E-state index contributed by atoms with van der Waals surface area (Å²) < 4.78 is 4.66. The molecule has 0 aliphatic carbocycles. The van der Waals surface area contributed by atoms with Gasteiger partial charge in [-0.2, -0.15) is 0 Å². The Hall–Kier alpha value is -0.570. The second kappa shape index (κ2) is 2.35. The summed E-state index contributed by atoms with van der Waals surface area (Å²) in [4.78, 5) is 10.6. The van der Waals surface area contributed by atoms with Crippen LogP contribution in [0.25, 0.3) is 0 Å². The molecule has 0 radical (unpaired) electrons. The van der Waals surface area contributed by atoms with Gasteiger partial charge in [0.2, 0.25) is 0 Å². The van der Waals surface area contributed by atoms with Crippen molar-refractivity contribution in [1.29, 1.82) is 0 Å². The van der Waals surface area contributed by atoms with Crippen molar-refractivity contribution < 1.29 is 14.6 Å². The predicted octanol–water partition coefficient (Wildman–Crippen LogP) is -0.0697. The first-order chi connectivity index (χ1) is 4.22. The normalized spacial score (nSPS) is 36.0. The van der Waals surface area contributed by atoms with E-state index in [1.807, 2.05) is 0 Å². The van der Waals surface area contributed by atoms with E-state index in [1.54, 1.807) is 6.92 Å². The molecule has 1 aliphatic heterocycles. The van der Waals surface area contributed by atoms with Crippen LogP contribution in [0.1, 0.15) is 13.3 Å². The van der Waals surface area contributed by atoms with Crippen LogP contribution in [0.15, 0.2) is 0 Å². The van der Waals surface area contributed by atoms with Gasteiger partial charge in [-0.05, 0) is 6.92 Å². The second-order valence-electron chi connectivity index (χ2n) is 2.31. The van der Waals surface area contributed by atoms with Crippen LogP contribution in [0.4, 0.5) is 0 Å². The number of hydrogen-bond donors (Lipinski definition) is 1. The lowest BCUT2D eigenvalue weighted by molar-refractivity contribution is -0.159. The van der Waals surface area contributed by atoms with Gasteiger partial charge in [0.05, 0.1) is 18.6 Å². The molecular weight excluding hydrogens is 120 g/mol. The van der Waals surface area contributed by atoms with Crippen LogP contribution in [0, 0.1) is 5.92 Å². The van der Waals surface area contributed by atoms with Gasteiger partial charge in [-0.1, -0.05) is 0 Å². The Labute approximate surface area is 53.6 Å². The standard InChI is InChI=1S/C6H10O3/c1-4-5(7)2-3-9-6(4)8/h4-5,7H,2-3H2,1H3/t4-,5?/m0/s1. The van der Waals surface area contributed by atoms with E-state index < -0.39 is 6.10 Å². The van der Waals surface area contributed by atoms with Crippen molar-refractivity contribution in [3.63, 3.8) is 0 Å². The van der Waals surface area contributed by atoms with Gasteiger partial charge < -0.3 is 9.84 Å². The van der Waals surface area contributed by atoms with Gasteiger partial charge in [0.25, 0.3) is 0 Å². The summed E-state index contributed by atoms with van der Waals surface area (Å²) in [6.45, 7) is 2.04. The van der Waals surface area contributed by atoms with Crippen LogP contribution in [-0.2, 0) is 9.53 Å². The van der Waals surface area contributed by atoms with Gasteiger partial charge in [-0.25, -0.2) is 0 Å². The van der Waals surface area contributed by atoms with Crippen molar-refractivity contribution in [3.05, 3.63) is 0 Å². The molecule has 1 saturated heterocycles. The van der Waals surface area contributed by atoms with Gasteiger partial charge >= 0.3 is 5.97 Å². The van der Waals surface area contributed by atoms with Crippen LogP contribution in [0.3, 0.4) is 0 Å². The summed E-state index contributed by atoms with van der Waals surface area (Å²) >= 11 is 0. The summed E-state index contributed by atoms with van der Waals surface area (Å²) in [5.74, 6) is -0.618. The molecule has 0 amide bonds. The maximum absolute atomic E-state index is 10.6. The van der Waals surface area contributed by atoms with Crippen LogP contribution in [0.2, 0.25) is 0 Å². The Morgan fingerprint density at radius 1 is 1.78 bits per heavy atom. The third-order valence-corrected chi connectivity index (χ3v) is 1.61. The quantitative estimate of drug-likeness (QED) is 0.467. The zero-order valence-corrected chi connectivity index (χ0v) is 5.33. The zero-order valence-electron chi connectivity index (χ0n) is 5.33. The number of rotatable bonds is 0. The summed E-state index contributed by atoms with van der Waals surface area (Å²) in [6.07, 6.45) is 0.0821. The van der Waals surface area contributed by atoms with Crippen molar-refractivity contribution >= 4 is 5.97 Å². The van der Waals surface area contributed by atoms with E-state index in [-0.39, 0.29) is 11.9 Å². The van der Waals surface area contributed by atoms with Gasteiger partial charge in [-0.3, -0.25) is 4.79 Å². The maximum Gasteiger partial charge on any atom is 0.311 e. The van der Waals surface area contributed by atoms with E-state index >= 15 is 0 Å². The van der Waals surface area contributed by atoms with Gasteiger partial charge in [0.15, 0.2) is 0 Å². The highest BCUT2D eigenvalue weighted by Crippen LogP contribution is 2.14. The van der Waals surface area contributed by atoms with Gasteiger partial charge in [-0.15, -0.1) is 0 Å². The van der Waals surface area contributed by atoms with Crippen molar-refractivity contribution in [3.8, 4) is 0 Å². The summed E-state index contributed by atoms with van der Waals surface area (Å²) in [6, 6.07) is 0. The van der Waals surface area contributed by atoms with E-state index in [9.17, 15) is 4.79 Å². The molecule has 9 heavy (non-hydrogen) atoms. The first-order valence-corrected chi connectivity index (χ1v) is 3.06. The largest absolute Gasteiger partial charge is 0.465 e. The molecule has 0 bridgehead atoms. The lowest BCUT2D eigenvalue weighted by Gasteiger charge is -2.22. The number of aliphatic hydroxyl groups is 1. The summed E-state index contributed by atoms with van der Waals surface area (Å²) in [5, 5.41) is 9.05. The molecule has 1 rings (SSSR count). The highest BCUT2D eigenvalue weighted by atomic mass is 16.5. The third-order valence-electron chi connectivity index (χ3n) is 1.61. The number of carbonyl (C=O) groups excluding carboxylic acids is 1. The monoisotopic (exact) mass is 130 g/mol. The molecule has 0 aromatic heterocycles. The molecule has 1 unspecified atom stereocenters. The molecule has 1 heterocycles. The Morgan fingerprint density at radius 2 is 2.44 bits per heavy atom. The SMILES string of the molecule is C[C@@H]1C(=O)OCCC1O. The summed E-state index contributed by atoms with van der Waals surface area (Å²) in [7, 11) is 0. The molecule has 3 heteroatoms. The third kappa shape index (κ3) is 1.21. The van der Waals surface area contributed by atoms with E-state index in [0.29, 0.717) is 13.0 Å². The zero-order chi connectivity index (χ0) is 6.85. The molecule has 3 nitrogen and oxygen atoms in total. The molecular formula is C6H10O3. The lowest BCUT2D eigenvalue weighted by atomic mass is 10.0. The topological polar surface area (TPSA) is 46.5 Å². The minimum atomic E-state index is -0.494. The molecule has 0 aromatic carbocycles. The van der Waals surface area contributed by atoms with Crippen LogP contribution < -0.4 is 0 Å². The number of cyclic esters (lactones) is 1. The molecule has 0 saturated carbocycles. The maximum atomic E-state index is 10.6. The fraction of sp³-hybridized carbons (Fsp3) is 0.833. The molecule has 1 aliphatic rings. The van der Waals surface area contributed by atoms with Crippen LogP contribution in [0.5, 0.6) is 0 Å². The van der Waals surface area contributed by atoms with Crippen LogP contribution >= 0.6 is 0 Å². The molecule has 2 atom stereocenters. The molecule has 0 spiro atoms. The van der Waals surface area contributed by atoms with E-state index in [0.717, 1.165) is 0 Å². The Balaban J connectivity index is 2.51.